The van der Waals surface area contributed by atoms with Crippen molar-refractivity contribution in [2.24, 2.45) is 0 Å². The SMILES string of the molecule is Cc1ccc(-c2cc(NC[C@@H](C)c3ccnc4c3OCC4(C)C)ncn2)cn1.S. The van der Waals surface area contributed by atoms with Gasteiger partial charge in [-0.05, 0) is 25.1 Å². The molecule has 3 aromatic heterocycles. The van der Waals surface area contributed by atoms with E-state index in [0.717, 1.165) is 40.8 Å². The lowest BCUT2D eigenvalue weighted by atomic mass is 9.89. The molecule has 1 atom stereocenters. The zero-order chi connectivity index (χ0) is 19.7. The molecule has 0 spiro atoms. The number of nitrogens with one attached hydrogen (secondary N) is 1. The van der Waals surface area contributed by atoms with Crippen molar-refractivity contribution in [1.29, 1.82) is 0 Å². The number of anilines is 1. The predicted molar refractivity (Wildman–Crippen MR) is 120 cm³/mol. The molecule has 152 valence electrons. The first-order valence-electron chi connectivity index (χ1n) is 9.55. The largest absolute Gasteiger partial charge is 0.490 e. The second kappa shape index (κ2) is 8.37. The van der Waals surface area contributed by atoms with Crippen LogP contribution in [-0.4, -0.2) is 33.1 Å². The number of hydrogen-bond donors (Lipinski definition) is 1. The standard InChI is InChI=1S/C22H25N5O.H2S/c1-14(17-7-8-23-21-20(17)28-12-22(21,3)4)10-25-19-9-18(26-13-27-19)16-6-5-15(2)24-11-16;/h5-9,11,13-14H,10,12H2,1-4H3,(H,25,26,27);1H2/t14-;/m1./s1. The molecule has 0 radical (unpaired) electrons. The van der Waals surface area contributed by atoms with Crippen LogP contribution in [0.1, 0.15) is 43.6 Å². The summed E-state index contributed by atoms with van der Waals surface area (Å²) in [6.45, 7) is 9.90. The summed E-state index contributed by atoms with van der Waals surface area (Å²) in [5.74, 6) is 1.99. The maximum absolute atomic E-state index is 5.98. The number of fused-ring (bicyclic) bond motifs is 1. The average Bonchev–Trinajstić information content (AvgIpc) is 3.02. The van der Waals surface area contributed by atoms with E-state index >= 15 is 0 Å². The summed E-state index contributed by atoms with van der Waals surface area (Å²) in [4.78, 5) is 17.6. The first-order chi connectivity index (χ1) is 13.4. The zero-order valence-corrected chi connectivity index (χ0v) is 18.2. The Labute approximate surface area is 178 Å². The van der Waals surface area contributed by atoms with E-state index in [1.54, 1.807) is 6.33 Å². The Bertz CT molecular complexity index is 991. The first-order valence-corrected chi connectivity index (χ1v) is 9.55. The minimum Gasteiger partial charge on any atom is -0.490 e. The first kappa shape index (κ1) is 21.0. The molecule has 29 heavy (non-hydrogen) atoms. The molecule has 0 saturated heterocycles. The Kier molecular flexibility index (Phi) is 6.07. The number of hydrogen-bond acceptors (Lipinski definition) is 6. The monoisotopic (exact) mass is 409 g/mol. The fraction of sp³-hybridized carbons (Fsp3) is 0.364. The van der Waals surface area contributed by atoms with Crippen molar-refractivity contribution in [3.05, 3.63) is 59.9 Å². The van der Waals surface area contributed by atoms with Gasteiger partial charge in [0.15, 0.2) is 0 Å². The molecule has 7 heteroatoms. The summed E-state index contributed by atoms with van der Waals surface area (Å²) in [6, 6.07) is 8.01. The second-order valence-electron chi connectivity index (χ2n) is 8.01. The Morgan fingerprint density at radius 2 is 1.97 bits per heavy atom. The summed E-state index contributed by atoms with van der Waals surface area (Å²) >= 11 is 0. The number of rotatable bonds is 5. The molecule has 6 nitrogen and oxygen atoms in total. The van der Waals surface area contributed by atoms with Gasteiger partial charge in [0, 0.05) is 53.2 Å². The van der Waals surface area contributed by atoms with Crippen LogP contribution in [0.5, 0.6) is 5.75 Å². The van der Waals surface area contributed by atoms with E-state index in [0.29, 0.717) is 6.61 Å². The van der Waals surface area contributed by atoms with Gasteiger partial charge in [-0.2, -0.15) is 13.5 Å². The maximum atomic E-state index is 5.98. The lowest BCUT2D eigenvalue weighted by molar-refractivity contribution is 0.288. The van der Waals surface area contributed by atoms with Crippen molar-refractivity contribution in [1.82, 2.24) is 19.9 Å². The molecule has 1 aliphatic rings. The molecule has 1 aliphatic heterocycles. The summed E-state index contributed by atoms with van der Waals surface area (Å²) in [7, 11) is 0. The zero-order valence-electron chi connectivity index (χ0n) is 17.2. The van der Waals surface area contributed by atoms with Gasteiger partial charge in [-0.15, -0.1) is 0 Å². The maximum Gasteiger partial charge on any atom is 0.145 e. The normalized spacial score (nSPS) is 15.0. The Balaban J connectivity index is 0.00000240. The molecule has 0 unspecified atom stereocenters. The van der Waals surface area contributed by atoms with Gasteiger partial charge in [0.05, 0.1) is 18.0 Å². The van der Waals surface area contributed by atoms with Crippen molar-refractivity contribution in [3.8, 4) is 17.0 Å². The minimum absolute atomic E-state index is 0. The lowest BCUT2D eigenvalue weighted by Crippen LogP contribution is -2.19. The van der Waals surface area contributed by atoms with Crippen LogP contribution in [0, 0.1) is 6.92 Å². The van der Waals surface area contributed by atoms with E-state index in [1.165, 1.54) is 5.56 Å². The van der Waals surface area contributed by atoms with E-state index in [1.807, 2.05) is 37.5 Å². The van der Waals surface area contributed by atoms with E-state index < -0.39 is 0 Å². The summed E-state index contributed by atoms with van der Waals surface area (Å²) in [5.41, 5.74) is 5.01. The van der Waals surface area contributed by atoms with Gasteiger partial charge in [-0.1, -0.05) is 20.8 Å². The number of nitrogens with zero attached hydrogens (tertiary/aromatic N) is 4. The molecule has 3 aromatic rings. The highest BCUT2D eigenvalue weighted by Gasteiger charge is 2.35. The predicted octanol–water partition coefficient (Wildman–Crippen LogP) is 4.24. The van der Waals surface area contributed by atoms with Crippen molar-refractivity contribution in [3.63, 3.8) is 0 Å². The Morgan fingerprint density at radius 3 is 2.72 bits per heavy atom. The molecule has 0 fully saturated rings. The van der Waals surface area contributed by atoms with Crippen molar-refractivity contribution < 1.29 is 4.74 Å². The highest BCUT2D eigenvalue weighted by atomic mass is 32.1. The molecule has 0 saturated carbocycles. The smallest absolute Gasteiger partial charge is 0.145 e. The number of aryl methyl sites for hydroxylation is 1. The third-order valence-electron chi connectivity index (χ3n) is 5.15. The number of pyridine rings is 2. The molecule has 0 amide bonds. The van der Waals surface area contributed by atoms with Crippen molar-refractivity contribution in [2.45, 2.75) is 39.0 Å². The van der Waals surface area contributed by atoms with Gasteiger partial charge in [0.1, 0.15) is 17.9 Å². The van der Waals surface area contributed by atoms with Gasteiger partial charge in [-0.25, -0.2) is 9.97 Å². The van der Waals surface area contributed by atoms with E-state index in [-0.39, 0.29) is 24.8 Å². The van der Waals surface area contributed by atoms with E-state index in [9.17, 15) is 0 Å². The van der Waals surface area contributed by atoms with E-state index in [4.69, 9.17) is 4.74 Å². The number of ether oxygens (including phenoxy) is 1. The van der Waals surface area contributed by atoms with Gasteiger partial charge in [0.2, 0.25) is 0 Å². The highest BCUT2D eigenvalue weighted by molar-refractivity contribution is 7.59. The van der Waals surface area contributed by atoms with Gasteiger partial charge in [-0.3, -0.25) is 9.97 Å². The van der Waals surface area contributed by atoms with Crippen molar-refractivity contribution >= 4 is 19.3 Å². The summed E-state index contributed by atoms with van der Waals surface area (Å²) < 4.78 is 5.98. The average molecular weight is 410 g/mol. The second-order valence-corrected chi connectivity index (χ2v) is 8.01. The highest BCUT2D eigenvalue weighted by Crippen LogP contribution is 2.41. The third-order valence-corrected chi connectivity index (χ3v) is 5.15. The van der Waals surface area contributed by atoms with Crippen LogP contribution in [0.4, 0.5) is 5.82 Å². The Hall–Kier alpha value is -2.67. The summed E-state index contributed by atoms with van der Waals surface area (Å²) in [6.07, 6.45) is 5.30. The molecule has 1 N–H and O–H groups in total. The Morgan fingerprint density at radius 1 is 1.14 bits per heavy atom. The fourth-order valence-electron chi connectivity index (χ4n) is 3.40. The molecule has 0 aliphatic carbocycles. The topological polar surface area (TPSA) is 72.8 Å². The van der Waals surface area contributed by atoms with Crippen LogP contribution >= 0.6 is 13.5 Å². The quantitative estimate of drug-likeness (QED) is 0.679. The third kappa shape index (κ3) is 4.34. The van der Waals surface area contributed by atoms with Crippen LogP contribution in [0.25, 0.3) is 11.3 Å². The van der Waals surface area contributed by atoms with Crippen molar-refractivity contribution in [2.75, 3.05) is 18.5 Å². The van der Waals surface area contributed by atoms with E-state index in [2.05, 4.69) is 52.1 Å². The molecule has 4 heterocycles. The molecule has 0 bridgehead atoms. The molecular formula is C22H27N5OS. The van der Waals surface area contributed by atoms with Crippen LogP contribution in [0.3, 0.4) is 0 Å². The molecular weight excluding hydrogens is 382 g/mol. The lowest BCUT2D eigenvalue weighted by Gasteiger charge is -2.17. The molecule has 0 aromatic carbocycles. The van der Waals surface area contributed by atoms with Crippen LogP contribution < -0.4 is 10.1 Å². The minimum atomic E-state index is -0.0396. The van der Waals surface area contributed by atoms with Crippen LogP contribution in [0.15, 0.2) is 43.0 Å². The van der Waals surface area contributed by atoms with Gasteiger partial charge in [0.25, 0.3) is 0 Å². The van der Waals surface area contributed by atoms with Crippen LogP contribution in [0.2, 0.25) is 0 Å². The van der Waals surface area contributed by atoms with Gasteiger partial charge < -0.3 is 10.1 Å². The van der Waals surface area contributed by atoms with Crippen LogP contribution in [-0.2, 0) is 5.41 Å². The fourth-order valence-corrected chi connectivity index (χ4v) is 3.40. The number of aromatic nitrogens is 4. The van der Waals surface area contributed by atoms with Gasteiger partial charge >= 0.3 is 0 Å². The summed E-state index contributed by atoms with van der Waals surface area (Å²) in [5, 5.41) is 3.43. The molecule has 4 rings (SSSR count).